The number of rotatable bonds is 6. The number of likely N-dealkylation sites (tertiary alicyclic amines) is 1. The van der Waals surface area contributed by atoms with Crippen LogP contribution in [0.15, 0.2) is 42.5 Å². The van der Waals surface area contributed by atoms with E-state index in [0.29, 0.717) is 6.04 Å². The van der Waals surface area contributed by atoms with E-state index in [0.717, 1.165) is 38.5 Å². The van der Waals surface area contributed by atoms with E-state index in [1.807, 2.05) is 0 Å². The van der Waals surface area contributed by atoms with Gasteiger partial charge in [0.15, 0.2) is 0 Å². The molecule has 0 radical (unpaired) electrons. The summed E-state index contributed by atoms with van der Waals surface area (Å²) in [5.74, 6) is 0.791. The van der Waals surface area contributed by atoms with Gasteiger partial charge in [0.2, 0.25) is 0 Å². The molecule has 2 N–H and O–H groups in total. The molecule has 120 valence electrons. The Hall–Kier alpha value is -1.16. The van der Waals surface area contributed by atoms with E-state index in [2.05, 4.69) is 52.7 Å². The lowest BCUT2D eigenvalue weighted by Crippen LogP contribution is -2.39. The van der Waals surface area contributed by atoms with Gasteiger partial charge in [0.05, 0.1) is 6.10 Å². The second kappa shape index (κ2) is 7.91. The molecule has 0 spiro atoms. The summed E-state index contributed by atoms with van der Waals surface area (Å²) in [5.41, 5.74) is 1.33. The minimum absolute atomic E-state index is 0.173. The average Bonchev–Trinajstić information content (AvgIpc) is 2.89. The average molecular weight is 300 g/mol. The van der Waals surface area contributed by atoms with Gasteiger partial charge in [-0.2, -0.15) is 0 Å². The topological polar surface area (TPSA) is 35.5 Å². The van der Waals surface area contributed by atoms with Crippen molar-refractivity contribution in [2.75, 3.05) is 19.6 Å². The molecule has 1 aromatic rings. The molecule has 1 aliphatic heterocycles. The van der Waals surface area contributed by atoms with Gasteiger partial charge in [-0.1, -0.05) is 42.5 Å². The van der Waals surface area contributed by atoms with Crippen LogP contribution in [-0.4, -0.2) is 41.8 Å². The molecule has 3 unspecified atom stereocenters. The number of β-amino-alcohol motifs (C(OH)–C–C–N with tert-alkyl or cyclic N) is 1. The Balaban J connectivity index is 1.47. The van der Waals surface area contributed by atoms with Gasteiger partial charge in [0.1, 0.15) is 0 Å². The number of benzene rings is 1. The van der Waals surface area contributed by atoms with Crippen LogP contribution in [0.4, 0.5) is 0 Å². The van der Waals surface area contributed by atoms with Crippen molar-refractivity contribution in [3.8, 4) is 0 Å². The largest absolute Gasteiger partial charge is 0.392 e. The van der Waals surface area contributed by atoms with Crippen molar-refractivity contribution in [2.45, 2.75) is 44.4 Å². The van der Waals surface area contributed by atoms with Crippen LogP contribution in [-0.2, 0) is 6.54 Å². The third-order valence-electron chi connectivity index (χ3n) is 4.92. The Labute approximate surface area is 134 Å². The third kappa shape index (κ3) is 4.42. The highest BCUT2D eigenvalue weighted by molar-refractivity contribution is 5.15. The smallest absolute Gasteiger partial charge is 0.0682 e. The monoisotopic (exact) mass is 300 g/mol. The molecule has 1 aliphatic carbocycles. The maximum atomic E-state index is 10.0. The Kier molecular flexibility index (Phi) is 5.65. The number of aliphatic hydroxyl groups is 1. The zero-order valence-corrected chi connectivity index (χ0v) is 13.3. The molecule has 3 atom stereocenters. The van der Waals surface area contributed by atoms with Crippen molar-refractivity contribution in [1.29, 1.82) is 0 Å². The SMILES string of the molecule is OC1CC(CNCC2CC=CCC2)N(Cc2ccccc2)C1. The fraction of sp³-hybridized carbons (Fsp3) is 0.579. The molecule has 0 saturated carbocycles. The van der Waals surface area contributed by atoms with Crippen LogP contribution in [0, 0.1) is 5.92 Å². The Bertz CT molecular complexity index is 474. The first-order valence-electron chi connectivity index (χ1n) is 8.63. The molecule has 0 aromatic heterocycles. The summed E-state index contributed by atoms with van der Waals surface area (Å²) in [6.07, 6.45) is 9.09. The number of allylic oxidation sites excluding steroid dienone is 2. The minimum Gasteiger partial charge on any atom is -0.392 e. The molecule has 3 heteroatoms. The summed E-state index contributed by atoms with van der Waals surface area (Å²) in [6.45, 7) is 3.84. The van der Waals surface area contributed by atoms with Gasteiger partial charge >= 0.3 is 0 Å². The Morgan fingerprint density at radius 1 is 1.14 bits per heavy atom. The first-order valence-corrected chi connectivity index (χ1v) is 8.63. The highest BCUT2D eigenvalue weighted by Gasteiger charge is 2.30. The number of nitrogens with zero attached hydrogens (tertiary/aromatic N) is 1. The zero-order chi connectivity index (χ0) is 15.2. The van der Waals surface area contributed by atoms with E-state index in [1.165, 1.54) is 24.8 Å². The van der Waals surface area contributed by atoms with E-state index >= 15 is 0 Å². The van der Waals surface area contributed by atoms with Crippen molar-refractivity contribution >= 4 is 0 Å². The number of hydrogen-bond donors (Lipinski definition) is 2. The standard InChI is InChI=1S/C19H28N2O/c22-19-11-18(13-20-12-16-7-3-1-4-8-16)21(15-19)14-17-9-5-2-6-10-17/h1-3,5-6,9-10,16,18-20,22H,4,7-8,11-15H2. The second-order valence-electron chi connectivity index (χ2n) is 6.77. The quantitative estimate of drug-likeness (QED) is 0.793. The summed E-state index contributed by atoms with van der Waals surface area (Å²) >= 11 is 0. The number of nitrogens with one attached hydrogen (secondary N) is 1. The molecule has 1 heterocycles. The van der Waals surface area contributed by atoms with Gasteiger partial charge in [-0.25, -0.2) is 0 Å². The normalized spacial score (nSPS) is 29.0. The lowest BCUT2D eigenvalue weighted by Gasteiger charge is -2.26. The molecule has 22 heavy (non-hydrogen) atoms. The van der Waals surface area contributed by atoms with Crippen LogP contribution in [0.3, 0.4) is 0 Å². The van der Waals surface area contributed by atoms with Crippen LogP contribution in [0.25, 0.3) is 0 Å². The number of aliphatic hydroxyl groups excluding tert-OH is 1. The predicted molar refractivity (Wildman–Crippen MR) is 90.6 cm³/mol. The highest BCUT2D eigenvalue weighted by atomic mass is 16.3. The fourth-order valence-electron chi connectivity index (χ4n) is 3.68. The van der Waals surface area contributed by atoms with Crippen molar-refractivity contribution in [1.82, 2.24) is 10.2 Å². The zero-order valence-electron chi connectivity index (χ0n) is 13.3. The van der Waals surface area contributed by atoms with Crippen LogP contribution in [0.2, 0.25) is 0 Å². The Morgan fingerprint density at radius 3 is 2.77 bits per heavy atom. The summed E-state index contributed by atoms with van der Waals surface area (Å²) < 4.78 is 0. The van der Waals surface area contributed by atoms with Gasteiger partial charge in [-0.3, -0.25) is 4.90 Å². The summed E-state index contributed by atoms with van der Waals surface area (Å²) in [5, 5.41) is 13.7. The first kappa shape index (κ1) is 15.7. The van der Waals surface area contributed by atoms with Crippen molar-refractivity contribution in [2.24, 2.45) is 5.92 Å². The molecular formula is C19H28N2O. The van der Waals surface area contributed by atoms with Crippen molar-refractivity contribution in [3.05, 3.63) is 48.0 Å². The molecular weight excluding hydrogens is 272 g/mol. The molecule has 3 rings (SSSR count). The van der Waals surface area contributed by atoms with Crippen molar-refractivity contribution < 1.29 is 5.11 Å². The highest BCUT2D eigenvalue weighted by Crippen LogP contribution is 2.21. The van der Waals surface area contributed by atoms with E-state index in [-0.39, 0.29) is 6.10 Å². The molecule has 1 fully saturated rings. The van der Waals surface area contributed by atoms with Crippen LogP contribution < -0.4 is 5.32 Å². The van der Waals surface area contributed by atoms with Gasteiger partial charge in [0.25, 0.3) is 0 Å². The maximum absolute atomic E-state index is 10.0. The van der Waals surface area contributed by atoms with E-state index in [4.69, 9.17) is 0 Å². The van der Waals surface area contributed by atoms with E-state index in [9.17, 15) is 5.11 Å². The van der Waals surface area contributed by atoms with Gasteiger partial charge in [-0.05, 0) is 43.7 Å². The van der Waals surface area contributed by atoms with Gasteiger partial charge in [-0.15, -0.1) is 0 Å². The molecule has 3 nitrogen and oxygen atoms in total. The lowest BCUT2D eigenvalue weighted by atomic mass is 9.94. The first-order chi connectivity index (χ1) is 10.8. The Morgan fingerprint density at radius 2 is 2.00 bits per heavy atom. The molecule has 0 bridgehead atoms. The third-order valence-corrected chi connectivity index (χ3v) is 4.92. The maximum Gasteiger partial charge on any atom is 0.0682 e. The second-order valence-corrected chi connectivity index (χ2v) is 6.77. The van der Waals surface area contributed by atoms with Crippen LogP contribution in [0.5, 0.6) is 0 Å². The minimum atomic E-state index is -0.173. The summed E-state index contributed by atoms with van der Waals surface area (Å²) in [4.78, 5) is 2.42. The van der Waals surface area contributed by atoms with Gasteiger partial charge < -0.3 is 10.4 Å². The molecule has 2 aliphatic rings. The molecule has 1 aromatic carbocycles. The summed E-state index contributed by atoms with van der Waals surface area (Å²) in [6, 6.07) is 11.0. The predicted octanol–water partition coefficient (Wildman–Crippen LogP) is 2.57. The van der Waals surface area contributed by atoms with E-state index in [1.54, 1.807) is 0 Å². The van der Waals surface area contributed by atoms with Crippen LogP contribution >= 0.6 is 0 Å². The van der Waals surface area contributed by atoms with E-state index < -0.39 is 0 Å². The number of hydrogen-bond acceptors (Lipinski definition) is 3. The van der Waals surface area contributed by atoms with Gasteiger partial charge in [0, 0.05) is 25.7 Å². The van der Waals surface area contributed by atoms with Crippen molar-refractivity contribution in [3.63, 3.8) is 0 Å². The molecule has 0 amide bonds. The fourth-order valence-corrected chi connectivity index (χ4v) is 3.68. The lowest BCUT2D eigenvalue weighted by molar-refractivity contribution is 0.172. The molecule has 1 saturated heterocycles. The van der Waals surface area contributed by atoms with Crippen LogP contribution in [0.1, 0.15) is 31.2 Å². The summed E-state index contributed by atoms with van der Waals surface area (Å²) in [7, 11) is 0.